The summed E-state index contributed by atoms with van der Waals surface area (Å²) in [5.74, 6) is -0.441. The minimum Gasteiger partial charge on any atom is -0.489 e. The van der Waals surface area contributed by atoms with Crippen LogP contribution < -0.4 is 4.74 Å². The first-order chi connectivity index (χ1) is 9.16. The Morgan fingerprint density at radius 2 is 2.16 bits per heavy atom. The van der Waals surface area contributed by atoms with Crippen LogP contribution in [0.5, 0.6) is 5.75 Å². The fourth-order valence-corrected chi connectivity index (χ4v) is 1.97. The molecule has 19 heavy (non-hydrogen) atoms. The Bertz CT molecular complexity index is 450. The predicted molar refractivity (Wildman–Crippen MR) is 69.3 cm³/mol. The predicted octanol–water partition coefficient (Wildman–Crippen LogP) is 1.92. The van der Waals surface area contributed by atoms with Crippen molar-refractivity contribution >= 4 is 16.8 Å². The first-order valence-electron chi connectivity index (χ1n) is 6.09. The highest BCUT2D eigenvalue weighted by molar-refractivity contribution is 6.67. The van der Waals surface area contributed by atoms with E-state index in [2.05, 4.69) is 4.90 Å². The van der Waals surface area contributed by atoms with Gasteiger partial charge in [-0.05, 0) is 29.8 Å². The Kier molecular flexibility index (Phi) is 5.13. The average Bonchev–Trinajstić information content (AvgIpc) is 2.41. The molecule has 1 aliphatic heterocycles. The summed E-state index contributed by atoms with van der Waals surface area (Å²) in [6.07, 6.45) is 0. The smallest absolute Gasteiger partial charge is 0.252 e. The maximum atomic E-state index is 13.6. The van der Waals surface area contributed by atoms with Gasteiger partial charge < -0.3 is 9.47 Å². The van der Waals surface area contributed by atoms with E-state index in [0.717, 1.165) is 38.9 Å². The third kappa shape index (κ3) is 4.16. The van der Waals surface area contributed by atoms with Crippen LogP contribution in [0.15, 0.2) is 18.2 Å². The van der Waals surface area contributed by atoms with Gasteiger partial charge in [-0.1, -0.05) is 0 Å². The summed E-state index contributed by atoms with van der Waals surface area (Å²) in [6.45, 7) is 4.29. The third-order valence-electron chi connectivity index (χ3n) is 2.93. The summed E-state index contributed by atoms with van der Waals surface area (Å²) >= 11 is 5.27. The minimum absolute atomic E-state index is 0.125. The van der Waals surface area contributed by atoms with Crippen LogP contribution in [0, 0.1) is 5.82 Å². The highest BCUT2D eigenvalue weighted by Crippen LogP contribution is 2.19. The van der Waals surface area contributed by atoms with Gasteiger partial charge in [0, 0.05) is 25.2 Å². The number of benzene rings is 1. The van der Waals surface area contributed by atoms with E-state index in [1.165, 1.54) is 12.1 Å². The Hall–Kier alpha value is -1.17. The Morgan fingerprint density at radius 1 is 1.42 bits per heavy atom. The zero-order valence-electron chi connectivity index (χ0n) is 10.4. The highest BCUT2D eigenvalue weighted by atomic mass is 35.5. The van der Waals surface area contributed by atoms with Crippen LogP contribution in [0.4, 0.5) is 4.39 Å². The fourth-order valence-electron chi connectivity index (χ4n) is 1.85. The van der Waals surface area contributed by atoms with E-state index in [1.54, 1.807) is 0 Å². The second kappa shape index (κ2) is 6.84. The molecule has 6 heteroatoms. The second-order valence-corrected chi connectivity index (χ2v) is 4.56. The Morgan fingerprint density at radius 3 is 2.79 bits per heavy atom. The standard InChI is InChI=1S/C13H15ClFNO3/c14-13(17)10-1-2-12(11(15)9-10)19-8-5-16-3-6-18-7-4-16/h1-2,9H,3-8H2. The molecule has 1 heterocycles. The van der Waals surface area contributed by atoms with Crippen molar-refractivity contribution in [3.63, 3.8) is 0 Å². The van der Waals surface area contributed by atoms with Crippen LogP contribution in [0.2, 0.25) is 0 Å². The van der Waals surface area contributed by atoms with E-state index >= 15 is 0 Å². The second-order valence-electron chi connectivity index (χ2n) is 4.22. The number of halogens is 2. The fraction of sp³-hybridized carbons (Fsp3) is 0.462. The molecular weight excluding hydrogens is 273 g/mol. The van der Waals surface area contributed by atoms with Crippen LogP contribution in [0.25, 0.3) is 0 Å². The lowest BCUT2D eigenvalue weighted by Gasteiger charge is -2.26. The maximum absolute atomic E-state index is 13.6. The van der Waals surface area contributed by atoms with Crippen LogP contribution in [-0.4, -0.2) is 49.6 Å². The average molecular weight is 288 g/mol. The summed E-state index contributed by atoms with van der Waals surface area (Å²) in [4.78, 5) is 13.1. The molecule has 0 atom stereocenters. The van der Waals surface area contributed by atoms with Crippen molar-refractivity contribution in [1.29, 1.82) is 0 Å². The Labute approximate surface area is 116 Å². The number of carbonyl (C=O) groups excluding carboxylic acids is 1. The van der Waals surface area contributed by atoms with Crippen molar-refractivity contribution in [2.24, 2.45) is 0 Å². The molecule has 0 aromatic heterocycles. The van der Waals surface area contributed by atoms with Gasteiger partial charge in [-0.25, -0.2) is 4.39 Å². The molecule has 0 N–H and O–H groups in total. The van der Waals surface area contributed by atoms with Crippen molar-refractivity contribution in [2.45, 2.75) is 0 Å². The first kappa shape index (κ1) is 14.2. The molecular formula is C13H15ClFNO3. The molecule has 0 spiro atoms. The zero-order valence-corrected chi connectivity index (χ0v) is 11.2. The van der Waals surface area contributed by atoms with Crippen molar-refractivity contribution in [3.8, 4) is 5.75 Å². The zero-order chi connectivity index (χ0) is 13.7. The van der Waals surface area contributed by atoms with Crippen LogP contribution >= 0.6 is 11.6 Å². The molecule has 0 saturated carbocycles. The van der Waals surface area contributed by atoms with Crippen molar-refractivity contribution < 1.29 is 18.7 Å². The molecule has 1 aromatic rings. The molecule has 104 valence electrons. The summed E-state index contributed by atoms with van der Waals surface area (Å²) in [5.41, 5.74) is 0.125. The normalized spacial score (nSPS) is 16.3. The lowest BCUT2D eigenvalue weighted by molar-refractivity contribution is 0.0320. The summed E-state index contributed by atoms with van der Waals surface area (Å²) < 4.78 is 24.2. The van der Waals surface area contributed by atoms with Crippen molar-refractivity contribution in [1.82, 2.24) is 4.90 Å². The van der Waals surface area contributed by atoms with Gasteiger partial charge in [-0.3, -0.25) is 9.69 Å². The molecule has 1 aromatic carbocycles. The first-order valence-corrected chi connectivity index (χ1v) is 6.47. The quantitative estimate of drug-likeness (QED) is 0.776. The minimum atomic E-state index is -0.682. The van der Waals surface area contributed by atoms with E-state index in [9.17, 15) is 9.18 Å². The molecule has 1 aliphatic rings. The number of rotatable bonds is 5. The number of hydrogen-bond acceptors (Lipinski definition) is 4. The summed E-state index contributed by atoms with van der Waals surface area (Å²) in [7, 11) is 0. The van der Waals surface area contributed by atoms with E-state index in [1.807, 2.05) is 0 Å². The molecule has 1 fully saturated rings. The van der Waals surface area contributed by atoms with Gasteiger partial charge in [-0.2, -0.15) is 0 Å². The van der Waals surface area contributed by atoms with E-state index < -0.39 is 11.1 Å². The summed E-state index contributed by atoms with van der Waals surface area (Å²) in [6, 6.07) is 3.95. The third-order valence-corrected chi connectivity index (χ3v) is 3.15. The van der Waals surface area contributed by atoms with E-state index in [4.69, 9.17) is 21.1 Å². The van der Waals surface area contributed by atoms with Gasteiger partial charge in [-0.15, -0.1) is 0 Å². The molecule has 0 bridgehead atoms. The lowest BCUT2D eigenvalue weighted by atomic mass is 10.2. The number of nitrogens with zero attached hydrogens (tertiary/aromatic N) is 1. The molecule has 0 aliphatic carbocycles. The van der Waals surface area contributed by atoms with Crippen LogP contribution in [0.3, 0.4) is 0 Å². The van der Waals surface area contributed by atoms with Gasteiger partial charge in [0.1, 0.15) is 6.61 Å². The maximum Gasteiger partial charge on any atom is 0.252 e. The highest BCUT2D eigenvalue weighted by Gasteiger charge is 2.11. The molecule has 2 rings (SSSR count). The molecule has 4 nitrogen and oxygen atoms in total. The molecule has 0 unspecified atom stereocenters. The topological polar surface area (TPSA) is 38.8 Å². The number of morpholine rings is 1. The van der Waals surface area contributed by atoms with Gasteiger partial charge in [0.05, 0.1) is 13.2 Å². The van der Waals surface area contributed by atoms with Crippen LogP contribution in [-0.2, 0) is 4.74 Å². The number of carbonyl (C=O) groups is 1. The largest absolute Gasteiger partial charge is 0.489 e. The van der Waals surface area contributed by atoms with Crippen molar-refractivity contribution in [3.05, 3.63) is 29.6 Å². The number of ether oxygens (including phenoxy) is 2. The van der Waals surface area contributed by atoms with Gasteiger partial charge >= 0.3 is 0 Å². The SMILES string of the molecule is O=C(Cl)c1ccc(OCCN2CCOCC2)c(F)c1. The molecule has 0 radical (unpaired) electrons. The number of hydrogen-bond donors (Lipinski definition) is 0. The van der Waals surface area contributed by atoms with E-state index in [-0.39, 0.29) is 11.3 Å². The Balaban J connectivity index is 1.83. The lowest BCUT2D eigenvalue weighted by Crippen LogP contribution is -2.38. The van der Waals surface area contributed by atoms with Gasteiger partial charge in [0.2, 0.25) is 0 Å². The van der Waals surface area contributed by atoms with Gasteiger partial charge in [0.25, 0.3) is 5.24 Å². The van der Waals surface area contributed by atoms with Crippen molar-refractivity contribution in [2.75, 3.05) is 39.5 Å². The monoisotopic (exact) mass is 287 g/mol. The molecule has 1 saturated heterocycles. The van der Waals surface area contributed by atoms with Gasteiger partial charge in [0.15, 0.2) is 11.6 Å². The summed E-state index contributed by atoms with van der Waals surface area (Å²) in [5, 5.41) is -0.682. The van der Waals surface area contributed by atoms with Crippen LogP contribution in [0.1, 0.15) is 10.4 Å². The van der Waals surface area contributed by atoms with E-state index in [0.29, 0.717) is 6.61 Å². The molecule has 0 amide bonds.